The van der Waals surface area contributed by atoms with E-state index in [-0.39, 0.29) is 22.8 Å². The molecule has 0 amide bonds. The lowest BCUT2D eigenvalue weighted by molar-refractivity contribution is 0.101. The van der Waals surface area contributed by atoms with E-state index in [2.05, 4.69) is 4.98 Å². The van der Waals surface area contributed by atoms with E-state index in [9.17, 15) is 14.4 Å². The topological polar surface area (TPSA) is 67.0 Å². The van der Waals surface area contributed by atoms with Crippen molar-refractivity contribution in [3.63, 3.8) is 0 Å². The third-order valence-electron chi connectivity index (χ3n) is 1.63. The van der Waals surface area contributed by atoms with Crippen LogP contribution < -0.4 is 5.56 Å². The van der Waals surface area contributed by atoms with Gasteiger partial charge in [0.1, 0.15) is 0 Å². The lowest BCUT2D eigenvalue weighted by atomic mass is 10.1. The standard InChI is InChI=1S/C9H9NO3/c1-5(11)7-3-8(6(2)12)10-9(13)4-7/h3-4H,1-2H3,(H,10,13). The van der Waals surface area contributed by atoms with Gasteiger partial charge in [-0.1, -0.05) is 0 Å². The summed E-state index contributed by atoms with van der Waals surface area (Å²) in [6.45, 7) is 2.67. The molecule has 0 unspecified atom stereocenters. The van der Waals surface area contributed by atoms with E-state index in [0.29, 0.717) is 0 Å². The molecule has 13 heavy (non-hydrogen) atoms. The minimum Gasteiger partial charge on any atom is -0.319 e. The van der Waals surface area contributed by atoms with Gasteiger partial charge in [-0.2, -0.15) is 0 Å². The van der Waals surface area contributed by atoms with E-state index in [1.54, 1.807) is 0 Å². The first-order chi connectivity index (χ1) is 6.00. The van der Waals surface area contributed by atoms with E-state index in [1.165, 1.54) is 26.0 Å². The minimum absolute atomic E-state index is 0.165. The molecule has 0 atom stereocenters. The van der Waals surface area contributed by atoms with Crippen molar-refractivity contribution in [3.8, 4) is 0 Å². The quantitative estimate of drug-likeness (QED) is 0.682. The van der Waals surface area contributed by atoms with Crippen LogP contribution in [-0.4, -0.2) is 16.6 Å². The Hall–Kier alpha value is -1.71. The van der Waals surface area contributed by atoms with E-state index < -0.39 is 5.56 Å². The molecule has 0 spiro atoms. The van der Waals surface area contributed by atoms with Crippen LogP contribution in [0, 0.1) is 0 Å². The predicted octanol–water partition coefficient (Wildman–Crippen LogP) is 0.780. The van der Waals surface area contributed by atoms with Gasteiger partial charge in [-0.05, 0) is 13.0 Å². The number of hydrogen-bond acceptors (Lipinski definition) is 3. The number of carbonyl (C=O) groups excluding carboxylic acids is 2. The molecule has 0 aliphatic heterocycles. The number of hydrogen-bond donors (Lipinski definition) is 1. The van der Waals surface area contributed by atoms with Crippen LogP contribution in [0.3, 0.4) is 0 Å². The Kier molecular flexibility index (Phi) is 2.41. The Morgan fingerprint density at radius 1 is 1.15 bits per heavy atom. The summed E-state index contributed by atoms with van der Waals surface area (Å²) < 4.78 is 0. The molecule has 1 aromatic rings. The number of aromatic amines is 1. The third kappa shape index (κ3) is 2.11. The molecular formula is C9H9NO3. The van der Waals surface area contributed by atoms with E-state index >= 15 is 0 Å². The molecule has 1 aromatic heterocycles. The summed E-state index contributed by atoms with van der Waals surface area (Å²) in [5.41, 5.74) is -0.00968. The van der Waals surface area contributed by atoms with Gasteiger partial charge in [-0.25, -0.2) is 0 Å². The maximum Gasteiger partial charge on any atom is 0.249 e. The zero-order valence-electron chi connectivity index (χ0n) is 7.38. The summed E-state index contributed by atoms with van der Waals surface area (Å²) in [4.78, 5) is 35.1. The van der Waals surface area contributed by atoms with Gasteiger partial charge in [-0.3, -0.25) is 14.4 Å². The fourth-order valence-electron chi connectivity index (χ4n) is 0.936. The summed E-state index contributed by atoms with van der Waals surface area (Å²) in [6, 6.07) is 2.56. The highest BCUT2D eigenvalue weighted by atomic mass is 16.1. The molecule has 1 N–H and O–H groups in total. The van der Waals surface area contributed by atoms with E-state index in [0.717, 1.165) is 0 Å². The summed E-state index contributed by atoms with van der Waals surface area (Å²) in [5, 5.41) is 0. The first-order valence-corrected chi connectivity index (χ1v) is 3.77. The van der Waals surface area contributed by atoms with E-state index in [4.69, 9.17) is 0 Å². The highest BCUT2D eigenvalue weighted by Crippen LogP contribution is 2.00. The molecule has 0 radical (unpaired) electrons. The zero-order chi connectivity index (χ0) is 10.0. The van der Waals surface area contributed by atoms with Crippen molar-refractivity contribution >= 4 is 11.6 Å². The van der Waals surface area contributed by atoms with Crippen LogP contribution in [0.4, 0.5) is 0 Å². The molecule has 0 aliphatic carbocycles. The lowest BCUT2D eigenvalue weighted by Crippen LogP contribution is -2.13. The first-order valence-electron chi connectivity index (χ1n) is 3.77. The molecule has 0 fully saturated rings. The Labute approximate surface area is 74.6 Å². The van der Waals surface area contributed by atoms with Crippen molar-refractivity contribution in [1.82, 2.24) is 4.98 Å². The van der Waals surface area contributed by atoms with Crippen molar-refractivity contribution in [2.45, 2.75) is 13.8 Å². The summed E-state index contributed by atoms with van der Waals surface area (Å²) in [6.07, 6.45) is 0. The fourth-order valence-corrected chi connectivity index (χ4v) is 0.936. The number of ketones is 2. The molecule has 0 aliphatic rings. The van der Waals surface area contributed by atoms with Gasteiger partial charge in [0.05, 0.1) is 5.69 Å². The molecule has 1 rings (SSSR count). The van der Waals surface area contributed by atoms with Crippen molar-refractivity contribution < 1.29 is 9.59 Å². The van der Waals surface area contributed by atoms with Gasteiger partial charge < -0.3 is 4.98 Å². The second kappa shape index (κ2) is 3.35. The molecule has 68 valence electrons. The lowest BCUT2D eigenvalue weighted by Gasteiger charge is -1.97. The van der Waals surface area contributed by atoms with Gasteiger partial charge in [0.15, 0.2) is 11.6 Å². The van der Waals surface area contributed by atoms with Gasteiger partial charge in [-0.15, -0.1) is 0 Å². The van der Waals surface area contributed by atoms with Gasteiger partial charge in [0, 0.05) is 18.6 Å². The van der Waals surface area contributed by atoms with Crippen LogP contribution in [-0.2, 0) is 0 Å². The summed E-state index contributed by atoms with van der Waals surface area (Å²) in [5.74, 6) is -0.492. The number of pyridine rings is 1. The van der Waals surface area contributed by atoms with Crippen LogP contribution in [0.1, 0.15) is 34.7 Å². The summed E-state index contributed by atoms with van der Waals surface area (Å²) in [7, 11) is 0. The average molecular weight is 179 g/mol. The number of aromatic nitrogens is 1. The molecule has 4 nitrogen and oxygen atoms in total. The molecule has 0 saturated carbocycles. The van der Waals surface area contributed by atoms with Crippen LogP contribution in [0.25, 0.3) is 0 Å². The maximum absolute atomic E-state index is 11.0. The Morgan fingerprint density at radius 2 is 1.77 bits per heavy atom. The first kappa shape index (κ1) is 9.38. The molecule has 0 bridgehead atoms. The number of nitrogens with one attached hydrogen (secondary N) is 1. The molecular weight excluding hydrogens is 170 g/mol. The van der Waals surface area contributed by atoms with Gasteiger partial charge in [0.25, 0.3) is 0 Å². The highest BCUT2D eigenvalue weighted by molar-refractivity contribution is 5.98. The van der Waals surface area contributed by atoms with Crippen LogP contribution >= 0.6 is 0 Å². The molecule has 1 heterocycles. The number of H-pyrrole nitrogens is 1. The number of carbonyl (C=O) groups is 2. The number of Topliss-reactive ketones (excluding diaryl/α,β-unsaturated/α-hetero) is 2. The van der Waals surface area contributed by atoms with Crippen molar-refractivity contribution in [2.24, 2.45) is 0 Å². The van der Waals surface area contributed by atoms with Gasteiger partial charge >= 0.3 is 0 Å². The number of rotatable bonds is 2. The fraction of sp³-hybridized carbons (Fsp3) is 0.222. The summed E-state index contributed by atoms with van der Waals surface area (Å²) >= 11 is 0. The smallest absolute Gasteiger partial charge is 0.249 e. The Bertz CT molecular complexity index is 382. The SMILES string of the molecule is CC(=O)c1cc(C(C)=O)[nH]c(=O)c1. The third-order valence-corrected chi connectivity index (χ3v) is 1.63. The molecule has 0 saturated heterocycles. The van der Waals surface area contributed by atoms with Crippen molar-refractivity contribution in [1.29, 1.82) is 0 Å². The normalized spacial score (nSPS) is 9.69. The maximum atomic E-state index is 11.0. The largest absolute Gasteiger partial charge is 0.319 e. The Morgan fingerprint density at radius 3 is 2.23 bits per heavy atom. The van der Waals surface area contributed by atoms with Crippen molar-refractivity contribution in [3.05, 3.63) is 33.7 Å². The second-order valence-corrected chi connectivity index (χ2v) is 2.76. The van der Waals surface area contributed by atoms with Crippen LogP contribution in [0.15, 0.2) is 16.9 Å². The predicted molar refractivity (Wildman–Crippen MR) is 47.1 cm³/mol. The second-order valence-electron chi connectivity index (χ2n) is 2.76. The van der Waals surface area contributed by atoms with Crippen molar-refractivity contribution in [2.75, 3.05) is 0 Å². The average Bonchev–Trinajstić information content (AvgIpc) is 2.03. The molecule has 4 heteroatoms. The Balaban J connectivity index is 3.35. The monoisotopic (exact) mass is 179 g/mol. The van der Waals surface area contributed by atoms with Crippen LogP contribution in [0.2, 0.25) is 0 Å². The zero-order valence-corrected chi connectivity index (χ0v) is 7.38. The highest BCUT2D eigenvalue weighted by Gasteiger charge is 2.05. The van der Waals surface area contributed by atoms with Crippen LogP contribution in [0.5, 0.6) is 0 Å². The van der Waals surface area contributed by atoms with E-state index in [1.807, 2.05) is 0 Å². The van der Waals surface area contributed by atoms with Gasteiger partial charge in [0.2, 0.25) is 5.56 Å². The minimum atomic E-state index is -0.432. The molecule has 0 aromatic carbocycles.